The number of hydrogen-bond acceptors (Lipinski definition) is 2. The number of phenols is 1. The van der Waals surface area contributed by atoms with E-state index < -0.39 is 0 Å². The third kappa shape index (κ3) is 2.99. The van der Waals surface area contributed by atoms with E-state index in [1.54, 1.807) is 0 Å². The van der Waals surface area contributed by atoms with Gasteiger partial charge in [0.1, 0.15) is 5.75 Å². The van der Waals surface area contributed by atoms with Gasteiger partial charge >= 0.3 is 0 Å². The zero-order chi connectivity index (χ0) is 12.1. The second kappa shape index (κ2) is 5.54. The quantitative estimate of drug-likeness (QED) is 0.798. The molecule has 1 aromatic carbocycles. The predicted octanol–water partition coefficient (Wildman–Crippen LogP) is 1.93. The summed E-state index contributed by atoms with van der Waals surface area (Å²) in [4.78, 5) is 10.7. The Labute approximate surface area is 96.3 Å². The highest BCUT2D eigenvalue weighted by atomic mass is 16.3. The highest BCUT2D eigenvalue weighted by molar-refractivity contribution is 5.74. The molecule has 0 bridgehead atoms. The third-order valence-corrected chi connectivity index (χ3v) is 2.75. The van der Waals surface area contributed by atoms with Crippen LogP contribution in [0, 0.1) is 0 Å². The Kier molecular flexibility index (Phi) is 4.35. The van der Waals surface area contributed by atoms with Crippen LogP contribution < -0.4 is 5.73 Å². The fraction of sp³-hybridized carbons (Fsp3) is 0.462. The minimum Gasteiger partial charge on any atom is -0.507 e. The fourth-order valence-electron chi connectivity index (χ4n) is 1.78. The van der Waals surface area contributed by atoms with Crippen LogP contribution >= 0.6 is 0 Å². The van der Waals surface area contributed by atoms with E-state index in [4.69, 9.17) is 5.73 Å². The van der Waals surface area contributed by atoms with Crippen LogP contribution in [0.3, 0.4) is 0 Å². The molecule has 0 fully saturated rings. The van der Waals surface area contributed by atoms with Gasteiger partial charge in [0.05, 0.1) is 0 Å². The lowest BCUT2D eigenvalue weighted by molar-refractivity contribution is -0.117. The highest BCUT2D eigenvalue weighted by Gasteiger charge is 2.08. The van der Waals surface area contributed by atoms with E-state index in [2.05, 4.69) is 0 Å². The van der Waals surface area contributed by atoms with Gasteiger partial charge in [-0.05, 0) is 36.0 Å². The molecule has 0 aliphatic heterocycles. The van der Waals surface area contributed by atoms with Gasteiger partial charge in [-0.2, -0.15) is 0 Å². The molecule has 0 aliphatic carbocycles. The zero-order valence-electron chi connectivity index (χ0n) is 9.92. The topological polar surface area (TPSA) is 63.3 Å². The first-order valence-corrected chi connectivity index (χ1v) is 5.70. The van der Waals surface area contributed by atoms with Crippen LogP contribution in [0.2, 0.25) is 0 Å². The van der Waals surface area contributed by atoms with Gasteiger partial charge in [-0.25, -0.2) is 0 Å². The Balaban J connectivity index is 2.97. The summed E-state index contributed by atoms with van der Waals surface area (Å²) in [5.74, 6) is 0.108. The Morgan fingerprint density at radius 3 is 2.12 bits per heavy atom. The van der Waals surface area contributed by atoms with Gasteiger partial charge < -0.3 is 10.8 Å². The molecule has 0 saturated heterocycles. The highest BCUT2D eigenvalue weighted by Crippen LogP contribution is 2.26. The number of nitrogens with two attached hydrogens (primary N) is 1. The normalized spacial score (nSPS) is 10.4. The molecule has 0 atom stereocenters. The summed E-state index contributed by atoms with van der Waals surface area (Å²) in [6, 6.07) is 3.91. The number of hydrogen-bond donors (Lipinski definition) is 2. The summed E-state index contributed by atoms with van der Waals surface area (Å²) in [6.45, 7) is 4.01. The molecule has 1 amide bonds. The number of carbonyl (C=O) groups is 1. The molecule has 3 heteroatoms. The second-order valence-electron chi connectivity index (χ2n) is 3.94. The van der Waals surface area contributed by atoms with Crippen molar-refractivity contribution in [2.75, 3.05) is 0 Å². The van der Waals surface area contributed by atoms with Gasteiger partial charge in [0.2, 0.25) is 5.91 Å². The van der Waals surface area contributed by atoms with Crippen molar-refractivity contribution >= 4 is 5.91 Å². The summed E-state index contributed by atoms with van der Waals surface area (Å²) in [5, 5.41) is 9.90. The molecule has 0 radical (unpaired) electrons. The summed E-state index contributed by atoms with van der Waals surface area (Å²) in [7, 11) is 0. The molecule has 3 N–H and O–H groups in total. The van der Waals surface area contributed by atoms with Crippen molar-refractivity contribution in [2.45, 2.75) is 39.5 Å². The van der Waals surface area contributed by atoms with Crippen LogP contribution in [0.25, 0.3) is 0 Å². The van der Waals surface area contributed by atoms with Crippen LogP contribution in [0.15, 0.2) is 12.1 Å². The zero-order valence-corrected chi connectivity index (χ0v) is 9.92. The number of aromatic hydroxyl groups is 1. The van der Waals surface area contributed by atoms with Crippen LogP contribution in [0.1, 0.15) is 37.0 Å². The molecule has 1 aromatic rings. The Morgan fingerprint density at radius 1 is 1.25 bits per heavy atom. The number of aryl methyl sites for hydroxylation is 3. The molecular weight excluding hydrogens is 202 g/mol. The molecule has 1 rings (SSSR count). The van der Waals surface area contributed by atoms with Gasteiger partial charge in [0.15, 0.2) is 0 Å². The van der Waals surface area contributed by atoms with Gasteiger partial charge in [-0.1, -0.05) is 26.0 Å². The Morgan fingerprint density at radius 2 is 1.75 bits per heavy atom. The monoisotopic (exact) mass is 221 g/mol. The number of phenolic OH excluding ortho intramolecular Hbond substituents is 1. The van der Waals surface area contributed by atoms with Crippen molar-refractivity contribution in [1.29, 1.82) is 0 Å². The lowest BCUT2D eigenvalue weighted by atomic mass is 9.98. The fourth-order valence-corrected chi connectivity index (χ4v) is 1.78. The SMILES string of the molecule is CCc1cc(CCC(N)=O)cc(CC)c1O. The van der Waals surface area contributed by atoms with Crippen molar-refractivity contribution in [3.8, 4) is 5.75 Å². The molecule has 0 saturated carbocycles. The van der Waals surface area contributed by atoms with Crippen molar-refractivity contribution in [1.82, 2.24) is 0 Å². The maximum Gasteiger partial charge on any atom is 0.217 e. The smallest absolute Gasteiger partial charge is 0.217 e. The molecule has 0 aromatic heterocycles. The molecular formula is C13H19NO2. The number of amides is 1. The van der Waals surface area contributed by atoms with E-state index >= 15 is 0 Å². The minimum atomic E-state index is -0.288. The van der Waals surface area contributed by atoms with Crippen molar-refractivity contribution < 1.29 is 9.90 Å². The molecule has 0 heterocycles. The van der Waals surface area contributed by atoms with Gasteiger partial charge in [-0.15, -0.1) is 0 Å². The van der Waals surface area contributed by atoms with E-state index in [0.717, 1.165) is 29.5 Å². The average molecular weight is 221 g/mol. The van der Waals surface area contributed by atoms with E-state index in [9.17, 15) is 9.90 Å². The van der Waals surface area contributed by atoms with Crippen LogP contribution in [0.4, 0.5) is 0 Å². The standard InChI is InChI=1S/C13H19NO2/c1-3-10-7-9(5-6-12(14)15)8-11(4-2)13(10)16/h7-8,16H,3-6H2,1-2H3,(H2,14,15). The average Bonchev–Trinajstić information content (AvgIpc) is 2.27. The molecule has 3 nitrogen and oxygen atoms in total. The third-order valence-electron chi connectivity index (χ3n) is 2.75. The number of rotatable bonds is 5. The number of carbonyl (C=O) groups excluding carboxylic acids is 1. The Bertz CT molecular complexity index is 361. The summed E-state index contributed by atoms with van der Waals surface area (Å²) in [6.07, 6.45) is 2.60. The van der Waals surface area contributed by atoms with Gasteiger partial charge in [0.25, 0.3) is 0 Å². The predicted molar refractivity (Wildman–Crippen MR) is 64.4 cm³/mol. The van der Waals surface area contributed by atoms with E-state index in [1.807, 2.05) is 26.0 Å². The first-order valence-electron chi connectivity index (χ1n) is 5.70. The molecule has 0 aliphatic rings. The minimum absolute atomic E-state index is 0.288. The summed E-state index contributed by atoms with van der Waals surface area (Å²) >= 11 is 0. The maximum atomic E-state index is 10.7. The van der Waals surface area contributed by atoms with Crippen LogP contribution in [0.5, 0.6) is 5.75 Å². The van der Waals surface area contributed by atoms with Crippen molar-refractivity contribution in [3.05, 3.63) is 28.8 Å². The second-order valence-corrected chi connectivity index (χ2v) is 3.94. The summed E-state index contributed by atoms with van der Waals surface area (Å²) < 4.78 is 0. The number of benzene rings is 1. The van der Waals surface area contributed by atoms with Crippen molar-refractivity contribution in [2.24, 2.45) is 5.73 Å². The number of primary amides is 1. The molecule has 16 heavy (non-hydrogen) atoms. The lowest BCUT2D eigenvalue weighted by Crippen LogP contribution is -2.11. The van der Waals surface area contributed by atoms with E-state index in [-0.39, 0.29) is 5.91 Å². The summed E-state index contributed by atoms with van der Waals surface area (Å²) in [5.41, 5.74) is 8.08. The largest absolute Gasteiger partial charge is 0.507 e. The van der Waals surface area contributed by atoms with Gasteiger partial charge in [-0.3, -0.25) is 4.79 Å². The molecule has 0 spiro atoms. The van der Waals surface area contributed by atoms with Gasteiger partial charge in [0, 0.05) is 6.42 Å². The lowest BCUT2D eigenvalue weighted by Gasteiger charge is -2.10. The van der Waals surface area contributed by atoms with Crippen LogP contribution in [-0.4, -0.2) is 11.0 Å². The van der Waals surface area contributed by atoms with Crippen LogP contribution in [-0.2, 0) is 24.1 Å². The molecule has 0 unspecified atom stereocenters. The maximum absolute atomic E-state index is 10.7. The van der Waals surface area contributed by atoms with E-state index in [1.165, 1.54) is 0 Å². The first-order chi connectivity index (χ1) is 7.58. The van der Waals surface area contributed by atoms with E-state index in [0.29, 0.717) is 18.6 Å². The van der Waals surface area contributed by atoms with Crippen molar-refractivity contribution in [3.63, 3.8) is 0 Å². The first kappa shape index (κ1) is 12.6. The molecule has 88 valence electrons. The Hall–Kier alpha value is -1.51.